The molecule has 0 aliphatic heterocycles. The molecule has 0 spiro atoms. The minimum Gasteiger partial charge on any atom is -0.310 e. The highest BCUT2D eigenvalue weighted by Gasteiger charge is 2.21. The summed E-state index contributed by atoms with van der Waals surface area (Å²) in [6, 6.07) is 84.2. The van der Waals surface area contributed by atoms with E-state index < -0.39 is 0 Å². The first-order valence-electron chi connectivity index (χ1n) is 20.8. The van der Waals surface area contributed by atoms with Gasteiger partial charge in [0.15, 0.2) is 0 Å². The fourth-order valence-corrected chi connectivity index (χ4v) is 10.6. The number of thiophene rings is 1. The van der Waals surface area contributed by atoms with E-state index >= 15 is 0 Å². The summed E-state index contributed by atoms with van der Waals surface area (Å²) in [7, 11) is 0. The zero-order chi connectivity index (χ0) is 40.3. The van der Waals surface area contributed by atoms with Gasteiger partial charge in [-0.2, -0.15) is 0 Å². The summed E-state index contributed by atoms with van der Waals surface area (Å²) < 4.78 is 5.00. The van der Waals surface area contributed by atoms with Crippen LogP contribution < -0.4 is 4.90 Å². The van der Waals surface area contributed by atoms with Gasteiger partial charge in [-0.15, -0.1) is 11.3 Å². The van der Waals surface area contributed by atoms with Gasteiger partial charge >= 0.3 is 0 Å². The molecule has 12 rings (SSSR count). The van der Waals surface area contributed by atoms with E-state index in [2.05, 4.69) is 240 Å². The van der Waals surface area contributed by atoms with Crippen molar-refractivity contribution in [1.82, 2.24) is 4.57 Å². The van der Waals surface area contributed by atoms with E-state index in [1.54, 1.807) is 0 Å². The molecule has 0 aliphatic carbocycles. The lowest BCUT2D eigenvalue weighted by Crippen LogP contribution is -2.12. The first-order chi connectivity index (χ1) is 30.3. The third kappa shape index (κ3) is 5.93. The smallest absolute Gasteiger partial charge is 0.0541 e. The zero-order valence-corrected chi connectivity index (χ0v) is 34.1. The van der Waals surface area contributed by atoms with Crippen LogP contribution in [0.5, 0.6) is 0 Å². The molecule has 0 amide bonds. The minimum absolute atomic E-state index is 1.08. The number of rotatable bonds is 7. The van der Waals surface area contributed by atoms with Crippen LogP contribution in [0.2, 0.25) is 0 Å². The Balaban J connectivity index is 1.05. The van der Waals surface area contributed by atoms with Crippen molar-refractivity contribution in [1.29, 1.82) is 0 Å². The topological polar surface area (TPSA) is 8.17 Å². The first kappa shape index (κ1) is 35.2. The number of anilines is 3. The molecule has 2 heterocycles. The molecule has 0 unspecified atom stereocenters. The molecule has 10 aromatic carbocycles. The van der Waals surface area contributed by atoms with E-state index in [1.807, 2.05) is 11.3 Å². The molecule has 0 N–H and O–H groups in total. The van der Waals surface area contributed by atoms with E-state index in [-0.39, 0.29) is 0 Å². The molecule has 0 aliphatic rings. The number of hydrogen-bond acceptors (Lipinski definition) is 2. The monoisotopic (exact) mass is 794 g/mol. The standard InChI is InChI=1S/C58H38N2S/c1-2-21-46-40(15-1)16-12-26-47(46)41-35-33-39(34-36-41)42-17-11-18-43(37-42)59(44-19-13-20-45(38-44)60-54-29-8-3-22-48(54)49-23-4-9-30-55(49)60)53-28-7-5-24-50(53)51-27-14-32-57-58(51)52-25-6-10-31-56(52)61-57/h1-38H. The van der Waals surface area contributed by atoms with Crippen LogP contribution >= 0.6 is 11.3 Å². The van der Waals surface area contributed by atoms with Gasteiger partial charge in [-0.05, 0) is 99.3 Å². The lowest BCUT2D eigenvalue weighted by molar-refractivity contribution is 1.17. The Bertz CT molecular complexity index is 3550. The maximum Gasteiger partial charge on any atom is 0.0541 e. The van der Waals surface area contributed by atoms with Crippen LogP contribution in [-0.4, -0.2) is 4.57 Å². The summed E-state index contributed by atoms with van der Waals surface area (Å²) in [5.41, 5.74) is 14.0. The van der Waals surface area contributed by atoms with Gasteiger partial charge in [-0.3, -0.25) is 0 Å². The average molecular weight is 795 g/mol. The van der Waals surface area contributed by atoms with E-state index in [4.69, 9.17) is 0 Å². The Morgan fingerprint density at radius 3 is 1.72 bits per heavy atom. The van der Waals surface area contributed by atoms with Crippen LogP contribution in [0.15, 0.2) is 231 Å². The number of hydrogen-bond donors (Lipinski definition) is 0. The second-order valence-corrected chi connectivity index (χ2v) is 16.8. The molecule has 61 heavy (non-hydrogen) atoms. The summed E-state index contributed by atoms with van der Waals surface area (Å²) in [6.45, 7) is 0. The number of fused-ring (bicyclic) bond motifs is 7. The average Bonchev–Trinajstić information content (AvgIpc) is 3.88. The van der Waals surface area contributed by atoms with Crippen molar-refractivity contribution in [3.63, 3.8) is 0 Å². The Morgan fingerprint density at radius 2 is 0.902 bits per heavy atom. The van der Waals surface area contributed by atoms with Crippen molar-refractivity contribution >= 4 is 81.1 Å². The fourth-order valence-electron chi connectivity index (χ4n) is 9.44. The number of para-hydroxylation sites is 3. The molecule has 286 valence electrons. The van der Waals surface area contributed by atoms with Gasteiger partial charge in [0.1, 0.15) is 0 Å². The third-order valence-corrected chi connectivity index (χ3v) is 13.3. The van der Waals surface area contributed by atoms with Crippen LogP contribution in [0.4, 0.5) is 17.1 Å². The van der Waals surface area contributed by atoms with Gasteiger partial charge in [0, 0.05) is 53.6 Å². The van der Waals surface area contributed by atoms with Crippen LogP contribution in [0.1, 0.15) is 0 Å². The number of nitrogens with zero attached hydrogens (tertiary/aromatic N) is 2. The normalized spacial score (nSPS) is 11.6. The molecular formula is C58H38N2S. The van der Waals surface area contributed by atoms with Crippen molar-refractivity contribution in [3.05, 3.63) is 231 Å². The minimum atomic E-state index is 1.08. The molecule has 2 aromatic heterocycles. The van der Waals surface area contributed by atoms with Crippen molar-refractivity contribution in [2.75, 3.05) is 4.90 Å². The molecule has 0 saturated carbocycles. The van der Waals surface area contributed by atoms with E-state index in [0.29, 0.717) is 0 Å². The molecular weight excluding hydrogens is 757 g/mol. The summed E-state index contributed by atoms with van der Waals surface area (Å²) in [4.78, 5) is 2.45. The predicted molar refractivity (Wildman–Crippen MR) is 262 cm³/mol. The van der Waals surface area contributed by atoms with Crippen molar-refractivity contribution in [2.24, 2.45) is 0 Å². The fraction of sp³-hybridized carbons (Fsp3) is 0. The predicted octanol–water partition coefficient (Wildman–Crippen LogP) is 16.8. The van der Waals surface area contributed by atoms with Crippen molar-refractivity contribution < 1.29 is 0 Å². The number of aromatic nitrogens is 1. The van der Waals surface area contributed by atoms with Gasteiger partial charge in [-0.1, -0.05) is 170 Å². The molecule has 0 radical (unpaired) electrons. The second kappa shape index (κ2) is 14.5. The van der Waals surface area contributed by atoms with Crippen molar-refractivity contribution in [3.8, 4) is 39.1 Å². The van der Waals surface area contributed by atoms with Gasteiger partial charge in [0.2, 0.25) is 0 Å². The second-order valence-electron chi connectivity index (χ2n) is 15.7. The molecule has 3 heteroatoms. The van der Waals surface area contributed by atoms with Gasteiger partial charge in [0.25, 0.3) is 0 Å². The van der Waals surface area contributed by atoms with E-state index in [9.17, 15) is 0 Å². The van der Waals surface area contributed by atoms with Crippen LogP contribution in [0.25, 0.3) is 91.8 Å². The molecule has 0 atom stereocenters. The molecule has 0 saturated heterocycles. The quantitative estimate of drug-likeness (QED) is 0.156. The highest BCUT2D eigenvalue weighted by molar-refractivity contribution is 7.25. The molecule has 2 nitrogen and oxygen atoms in total. The Hall–Kier alpha value is -7.72. The molecule has 0 bridgehead atoms. The Labute approximate surface area is 358 Å². The maximum absolute atomic E-state index is 2.45. The third-order valence-electron chi connectivity index (χ3n) is 12.2. The summed E-state index contributed by atoms with van der Waals surface area (Å²) >= 11 is 1.86. The molecule has 12 aromatic rings. The number of benzene rings is 10. The van der Waals surface area contributed by atoms with Crippen LogP contribution in [0, 0.1) is 0 Å². The zero-order valence-electron chi connectivity index (χ0n) is 33.2. The highest BCUT2D eigenvalue weighted by atomic mass is 32.1. The first-order valence-corrected chi connectivity index (χ1v) is 21.7. The van der Waals surface area contributed by atoms with Gasteiger partial charge in [0.05, 0.1) is 16.7 Å². The maximum atomic E-state index is 2.45. The Kier molecular flexibility index (Phi) is 8.39. The Morgan fingerprint density at radius 1 is 0.344 bits per heavy atom. The van der Waals surface area contributed by atoms with Crippen LogP contribution in [0.3, 0.4) is 0 Å². The highest BCUT2D eigenvalue weighted by Crippen LogP contribution is 2.47. The SMILES string of the molecule is c1cc(-c2ccc(-c3cccc4ccccc34)cc2)cc(N(c2cccc(-n3c4ccccc4c4ccccc43)c2)c2ccccc2-c2cccc3sc4ccccc4c23)c1. The summed E-state index contributed by atoms with van der Waals surface area (Å²) in [6.07, 6.45) is 0. The van der Waals surface area contributed by atoms with Gasteiger partial charge in [-0.25, -0.2) is 0 Å². The lowest BCUT2D eigenvalue weighted by Gasteiger charge is -2.29. The lowest BCUT2D eigenvalue weighted by atomic mass is 9.95. The largest absolute Gasteiger partial charge is 0.310 e. The summed E-state index contributed by atoms with van der Waals surface area (Å²) in [5.74, 6) is 0. The molecule has 0 fully saturated rings. The van der Waals surface area contributed by atoms with E-state index in [0.717, 1.165) is 28.3 Å². The van der Waals surface area contributed by atoms with E-state index in [1.165, 1.54) is 80.6 Å². The summed E-state index contributed by atoms with van der Waals surface area (Å²) in [5, 5.41) is 7.62. The van der Waals surface area contributed by atoms with Gasteiger partial charge < -0.3 is 9.47 Å². The van der Waals surface area contributed by atoms with Crippen molar-refractivity contribution in [2.45, 2.75) is 0 Å². The van der Waals surface area contributed by atoms with Crippen LogP contribution in [-0.2, 0) is 0 Å².